The third-order valence-electron chi connectivity index (χ3n) is 6.50. The molecule has 0 spiro atoms. The van der Waals surface area contributed by atoms with E-state index in [4.69, 9.17) is 14.5 Å². The average Bonchev–Trinajstić information content (AvgIpc) is 2.81. The molecule has 0 saturated heterocycles. The van der Waals surface area contributed by atoms with Gasteiger partial charge in [-0.3, -0.25) is 14.6 Å². The second kappa shape index (κ2) is 9.92. The number of aliphatic imine (C=N–C) groups is 1. The quantitative estimate of drug-likeness (QED) is 0.523. The Morgan fingerprint density at radius 3 is 2.50 bits per heavy atom. The van der Waals surface area contributed by atoms with Gasteiger partial charge in [0.1, 0.15) is 17.5 Å². The van der Waals surface area contributed by atoms with Gasteiger partial charge < -0.3 is 9.47 Å². The van der Waals surface area contributed by atoms with Crippen molar-refractivity contribution in [3.8, 4) is 5.75 Å². The van der Waals surface area contributed by atoms with E-state index in [1.807, 2.05) is 38.1 Å². The van der Waals surface area contributed by atoms with Crippen molar-refractivity contribution in [1.29, 1.82) is 0 Å². The summed E-state index contributed by atoms with van der Waals surface area (Å²) in [5, 5.41) is 0. The minimum absolute atomic E-state index is 0.0219. The number of hydrogen-bond donors (Lipinski definition) is 0. The molecule has 0 saturated carbocycles. The van der Waals surface area contributed by atoms with Gasteiger partial charge >= 0.3 is 5.97 Å². The first kappa shape index (κ1) is 23.9. The van der Waals surface area contributed by atoms with Crippen LogP contribution >= 0.6 is 0 Å². The predicted octanol–water partition coefficient (Wildman–Crippen LogP) is 5.61. The Hall–Kier alpha value is -3.28. The minimum Gasteiger partial charge on any atom is -0.497 e. The fourth-order valence-corrected chi connectivity index (χ4v) is 4.88. The fourth-order valence-electron chi connectivity index (χ4n) is 4.88. The fraction of sp³-hybridized carbons (Fsp3) is 0.393. The molecule has 1 unspecified atom stereocenters. The maximum absolute atomic E-state index is 14.2. The first-order valence-corrected chi connectivity index (χ1v) is 11.7. The van der Waals surface area contributed by atoms with E-state index in [1.54, 1.807) is 26.2 Å². The summed E-state index contributed by atoms with van der Waals surface area (Å²) in [6.07, 6.45) is 0.879. The van der Waals surface area contributed by atoms with Crippen molar-refractivity contribution in [2.75, 3.05) is 13.7 Å². The number of methoxy groups -OCH3 is 1. The van der Waals surface area contributed by atoms with E-state index in [2.05, 4.69) is 0 Å². The van der Waals surface area contributed by atoms with Crippen LogP contribution in [0.2, 0.25) is 0 Å². The molecular formula is C28H30FNO4. The topological polar surface area (TPSA) is 65.0 Å². The SMILES string of the molecule is COc1ccc([C@H]2CC(=O)C3=C(C2)N=C(C)C(C(=O)OCC(C)C)[C@@H]3c2cccc(F)c2)cc1. The van der Waals surface area contributed by atoms with Gasteiger partial charge in [0.05, 0.1) is 13.7 Å². The Morgan fingerprint density at radius 1 is 1.12 bits per heavy atom. The highest BCUT2D eigenvalue weighted by atomic mass is 19.1. The molecule has 0 amide bonds. The van der Waals surface area contributed by atoms with Crippen molar-refractivity contribution >= 4 is 17.5 Å². The zero-order chi connectivity index (χ0) is 24.4. The van der Waals surface area contributed by atoms with Crippen LogP contribution in [0, 0.1) is 17.7 Å². The van der Waals surface area contributed by atoms with Crippen molar-refractivity contribution in [1.82, 2.24) is 0 Å². The van der Waals surface area contributed by atoms with Gasteiger partial charge in [0, 0.05) is 29.3 Å². The molecule has 1 heterocycles. The molecular weight excluding hydrogens is 433 g/mol. The number of ketones is 1. The standard InChI is InChI=1S/C28H30FNO4/c1-16(2)15-34-28(32)25-17(3)30-23-13-20(18-8-10-22(33-4)11-9-18)14-24(31)27(23)26(25)19-6-5-7-21(29)12-19/h5-12,16,20,25-26H,13-15H2,1-4H3/t20-,25?,26+/m1/s1. The summed E-state index contributed by atoms with van der Waals surface area (Å²) in [5.74, 6) is -1.37. The highest BCUT2D eigenvalue weighted by molar-refractivity contribution is 6.09. The molecule has 6 heteroatoms. The van der Waals surface area contributed by atoms with Crippen LogP contribution in [0.4, 0.5) is 4.39 Å². The Morgan fingerprint density at radius 2 is 1.85 bits per heavy atom. The van der Waals surface area contributed by atoms with Gasteiger partial charge in [-0.05, 0) is 60.6 Å². The Bertz CT molecular complexity index is 1150. The number of nitrogens with zero attached hydrogens (tertiary/aromatic N) is 1. The maximum atomic E-state index is 14.2. The van der Waals surface area contributed by atoms with Crippen LogP contribution in [0.15, 0.2) is 64.8 Å². The van der Waals surface area contributed by atoms with E-state index < -0.39 is 23.6 Å². The first-order chi connectivity index (χ1) is 16.3. The van der Waals surface area contributed by atoms with E-state index in [-0.39, 0.29) is 24.2 Å². The molecule has 34 heavy (non-hydrogen) atoms. The summed E-state index contributed by atoms with van der Waals surface area (Å²) in [7, 11) is 1.62. The highest BCUT2D eigenvalue weighted by Crippen LogP contribution is 2.47. The van der Waals surface area contributed by atoms with Gasteiger partial charge in [-0.15, -0.1) is 0 Å². The van der Waals surface area contributed by atoms with E-state index in [0.29, 0.717) is 35.4 Å². The summed E-state index contributed by atoms with van der Waals surface area (Å²) in [4.78, 5) is 31.5. The summed E-state index contributed by atoms with van der Waals surface area (Å²) in [6, 6.07) is 13.8. The van der Waals surface area contributed by atoms with Gasteiger partial charge in [0.25, 0.3) is 0 Å². The number of halogens is 1. The van der Waals surface area contributed by atoms with Crippen molar-refractivity contribution in [3.63, 3.8) is 0 Å². The largest absolute Gasteiger partial charge is 0.497 e. The smallest absolute Gasteiger partial charge is 0.315 e. The third-order valence-corrected chi connectivity index (χ3v) is 6.50. The molecule has 0 fully saturated rings. The van der Waals surface area contributed by atoms with Gasteiger partial charge in [-0.1, -0.05) is 38.1 Å². The minimum atomic E-state index is -0.763. The van der Waals surface area contributed by atoms with Crippen LogP contribution in [0.25, 0.3) is 0 Å². The Balaban J connectivity index is 1.74. The lowest BCUT2D eigenvalue weighted by molar-refractivity contribution is -0.147. The molecule has 2 aromatic rings. The van der Waals surface area contributed by atoms with Gasteiger partial charge in [-0.2, -0.15) is 0 Å². The number of benzene rings is 2. The number of ether oxygens (including phenoxy) is 2. The van der Waals surface area contributed by atoms with Crippen LogP contribution in [-0.2, 0) is 14.3 Å². The van der Waals surface area contributed by atoms with Gasteiger partial charge in [0.15, 0.2) is 5.78 Å². The van der Waals surface area contributed by atoms with Crippen LogP contribution in [0.3, 0.4) is 0 Å². The number of Topliss-reactive ketones (excluding diaryl/α,β-unsaturated/α-hetero) is 1. The molecule has 3 atom stereocenters. The molecule has 178 valence electrons. The molecule has 1 aliphatic carbocycles. The van der Waals surface area contributed by atoms with Crippen molar-refractivity contribution in [3.05, 3.63) is 76.7 Å². The summed E-state index contributed by atoms with van der Waals surface area (Å²) >= 11 is 0. The molecule has 1 aliphatic heterocycles. The molecule has 4 rings (SSSR count). The van der Waals surface area contributed by atoms with Crippen molar-refractivity contribution in [2.45, 2.75) is 45.4 Å². The lowest BCUT2D eigenvalue weighted by Gasteiger charge is -2.36. The first-order valence-electron chi connectivity index (χ1n) is 11.7. The molecule has 2 aromatic carbocycles. The van der Waals surface area contributed by atoms with E-state index in [9.17, 15) is 14.0 Å². The monoisotopic (exact) mass is 463 g/mol. The van der Waals surface area contributed by atoms with Gasteiger partial charge in [0.2, 0.25) is 0 Å². The number of carbonyl (C=O) groups excluding carboxylic acids is 2. The van der Waals surface area contributed by atoms with E-state index >= 15 is 0 Å². The van der Waals surface area contributed by atoms with Crippen LogP contribution in [0.1, 0.15) is 56.6 Å². The van der Waals surface area contributed by atoms with Crippen molar-refractivity contribution in [2.24, 2.45) is 16.8 Å². The number of allylic oxidation sites excluding steroid dienone is 2. The Labute approximate surface area is 199 Å². The van der Waals surface area contributed by atoms with Gasteiger partial charge in [-0.25, -0.2) is 4.39 Å². The third kappa shape index (κ3) is 4.81. The molecule has 0 N–H and O–H groups in total. The van der Waals surface area contributed by atoms with Crippen molar-refractivity contribution < 1.29 is 23.5 Å². The maximum Gasteiger partial charge on any atom is 0.315 e. The highest BCUT2D eigenvalue weighted by Gasteiger charge is 2.44. The van der Waals surface area contributed by atoms with Crippen LogP contribution in [0.5, 0.6) is 5.75 Å². The second-order valence-corrected chi connectivity index (χ2v) is 9.45. The number of esters is 1. The molecule has 5 nitrogen and oxygen atoms in total. The van der Waals surface area contributed by atoms with E-state index in [1.165, 1.54) is 12.1 Å². The van der Waals surface area contributed by atoms with E-state index in [0.717, 1.165) is 11.3 Å². The molecule has 2 aliphatic rings. The average molecular weight is 464 g/mol. The normalized spacial score (nSPS) is 22.4. The van der Waals surface area contributed by atoms with Crippen LogP contribution in [-0.4, -0.2) is 31.2 Å². The zero-order valence-electron chi connectivity index (χ0n) is 20.0. The Kier molecular flexibility index (Phi) is 6.96. The van der Waals surface area contributed by atoms with Crippen LogP contribution < -0.4 is 4.74 Å². The second-order valence-electron chi connectivity index (χ2n) is 9.45. The lowest BCUT2D eigenvalue weighted by atomic mass is 9.69. The summed E-state index contributed by atoms with van der Waals surface area (Å²) < 4.78 is 25.0. The molecule has 0 radical (unpaired) electrons. The number of carbonyl (C=O) groups is 2. The summed E-state index contributed by atoms with van der Waals surface area (Å²) in [5.41, 5.74) is 3.40. The predicted molar refractivity (Wildman–Crippen MR) is 129 cm³/mol. The molecule has 0 bridgehead atoms. The number of rotatable bonds is 6. The summed E-state index contributed by atoms with van der Waals surface area (Å²) in [6.45, 7) is 5.99. The number of hydrogen-bond acceptors (Lipinski definition) is 5. The lowest BCUT2D eigenvalue weighted by Crippen LogP contribution is -2.38. The molecule has 0 aromatic heterocycles. The zero-order valence-corrected chi connectivity index (χ0v) is 20.0.